The largest absolute Gasteiger partial charge is 0.384 e. The van der Waals surface area contributed by atoms with Crippen molar-refractivity contribution in [3.63, 3.8) is 0 Å². The highest BCUT2D eigenvalue weighted by molar-refractivity contribution is 5.73. The molecular formula is C12H12N6. The molecule has 0 saturated heterocycles. The summed E-state index contributed by atoms with van der Waals surface area (Å²) in [5, 5.41) is 8.21. The van der Waals surface area contributed by atoms with E-state index in [1.54, 1.807) is 12.1 Å². The molecule has 1 aromatic carbocycles. The highest BCUT2D eigenvalue weighted by Crippen LogP contribution is 2.14. The van der Waals surface area contributed by atoms with Crippen LogP contribution in [0, 0.1) is 0 Å². The number of benzene rings is 1. The first-order valence-corrected chi connectivity index (χ1v) is 5.52. The van der Waals surface area contributed by atoms with E-state index in [1.807, 2.05) is 28.9 Å². The first kappa shape index (κ1) is 10.5. The summed E-state index contributed by atoms with van der Waals surface area (Å²) in [5.74, 6) is 0.823. The molecule has 0 aliphatic carbocycles. The average molecular weight is 240 g/mol. The van der Waals surface area contributed by atoms with Gasteiger partial charge in [0.15, 0.2) is 0 Å². The van der Waals surface area contributed by atoms with Crippen LogP contribution in [0.1, 0.15) is 5.56 Å². The molecule has 6 heteroatoms. The van der Waals surface area contributed by atoms with Crippen LogP contribution >= 0.6 is 0 Å². The molecule has 0 amide bonds. The standard InChI is InChI=1S/C12H12N6/c13-11-5-8(6-12(14)15-11)7-18-10-4-2-1-3-9(10)16-17-18/h1-6H,7H2,(H4,13,14,15). The number of anilines is 2. The van der Waals surface area contributed by atoms with Gasteiger partial charge in [0.25, 0.3) is 0 Å². The quantitative estimate of drug-likeness (QED) is 0.697. The van der Waals surface area contributed by atoms with Gasteiger partial charge in [-0.3, -0.25) is 0 Å². The van der Waals surface area contributed by atoms with Gasteiger partial charge in [0.1, 0.15) is 17.2 Å². The van der Waals surface area contributed by atoms with Gasteiger partial charge in [-0.2, -0.15) is 0 Å². The number of pyridine rings is 1. The Morgan fingerprint density at radius 3 is 2.56 bits per heavy atom. The summed E-state index contributed by atoms with van der Waals surface area (Å²) in [7, 11) is 0. The maximum absolute atomic E-state index is 5.66. The zero-order chi connectivity index (χ0) is 12.5. The van der Waals surface area contributed by atoms with Gasteiger partial charge in [0.2, 0.25) is 0 Å². The minimum absolute atomic E-state index is 0.412. The van der Waals surface area contributed by atoms with Crippen LogP contribution in [-0.4, -0.2) is 20.0 Å². The summed E-state index contributed by atoms with van der Waals surface area (Å²) in [6.45, 7) is 0.567. The van der Waals surface area contributed by atoms with Crippen molar-refractivity contribution in [3.05, 3.63) is 42.0 Å². The monoisotopic (exact) mass is 240 g/mol. The number of para-hydroxylation sites is 1. The van der Waals surface area contributed by atoms with Gasteiger partial charge in [0.05, 0.1) is 12.1 Å². The average Bonchev–Trinajstić information content (AvgIpc) is 2.72. The second-order valence-corrected chi connectivity index (χ2v) is 4.06. The summed E-state index contributed by atoms with van der Waals surface area (Å²) in [4.78, 5) is 3.94. The van der Waals surface area contributed by atoms with Crippen molar-refractivity contribution < 1.29 is 0 Å². The minimum Gasteiger partial charge on any atom is -0.384 e. The predicted molar refractivity (Wildman–Crippen MR) is 69.7 cm³/mol. The Balaban J connectivity index is 2.01. The van der Waals surface area contributed by atoms with Crippen LogP contribution < -0.4 is 11.5 Å². The van der Waals surface area contributed by atoms with Crippen molar-refractivity contribution in [1.29, 1.82) is 0 Å². The second kappa shape index (κ2) is 3.99. The Hall–Kier alpha value is -2.63. The van der Waals surface area contributed by atoms with Gasteiger partial charge >= 0.3 is 0 Å². The topological polar surface area (TPSA) is 95.6 Å². The normalized spacial score (nSPS) is 10.9. The highest BCUT2D eigenvalue weighted by atomic mass is 15.4. The molecule has 2 heterocycles. The summed E-state index contributed by atoms with van der Waals surface area (Å²) in [6, 6.07) is 11.4. The number of fused-ring (bicyclic) bond motifs is 1. The third-order valence-corrected chi connectivity index (χ3v) is 2.68. The van der Waals surface area contributed by atoms with E-state index in [0.717, 1.165) is 16.6 Å². The molecule has 0 spiro atoms. The van der Waals surface area contributed by atoms with Gasteiger partial charge in [-0.1, -0.05) is 17.3 Å². The van der Waals surface area contributed by atoms with E-state index in [-0.39, 0.29) is 0 Å². The van der Waals surface area contributed by atoms with Gasteiger partial charge < -0.3 is 11.5 Å². The lowest BCUT2D eigenvalue weighted by Crippen LogP contribution is -2.05. The van der Waals surface area contributed by atoms with E-state index in [1.165, 1.54) is 0 Å². The SMILES string of the molecule is Nc1cc(Cn2nnc3ccccc32)cc(N)n1. The van der Waals surface area contributed by atoms with Gasteiger partial charge in [-0.15, -0.1) is 5.10 Å². The molecule has 0 saturated carbocycles. The van der Waals surface area contributed by atoms with Crippen molar-refractivity contribution in [1.82, 2.24) is 20.0 Å². The molecule has 0 fully saturated rings. The van der Waals surface area contributed by atoms with Crippen LogP contribution in [0.25, 0.3) is 11.0 Å². The number of nitrogens with two attached hydrogens (primary N) is 2. The molecular weight excluding hydrogens is 228 g/mol. The molecule has 2 aromatic heterocycles. The molecule has 0 unspecified atom stereocenters. The van der Waals surface area contributed by atoms with Crippen molar-refractivity contribution in [2.75, 3.05) is 11.5 Å². The molecule has 3 aromatic rings. The third-order valence-electron chi connectivity index (χ3n) is 2.68. The predicted octanol–water partition coefficient (Wildman–Crippen LogP) is 1.04. The molecule has 0 atom stereocenters. The fraction of sp³-hybridized carbons (Fsp3) is 0.0833. The molecule has 18 heavy (non-hydrogen) atoms. The van der Waals surface area contributed by atoms with Crippen LogP contribution in [0.5, 0.6) is 0 Å². The van der Waals surface area contributed by atoms with Crippen molar-refractivity contribution in [2.24, 2.45) is 0 Å². The zero-order valence-corrected chi connectivity index (χ0v) is 9.61. The highest BCUT2D eigenvalue weighted by Gasteiger charge is 2.05. The van der Waals surface area contributed by atoms with E-state index in [0.29, 0.717) is 18.2 Å². The number of nitrogens with zero attached hydrogens (tertiary/aromatic N) is 4. The Labute approximate surface area is 103 Å². The van der Waals surface area contributed by atoms with Crippen LogP contribution in [-0.2, 0) is 6.54 Å². The van der Waals surface area contributed by atoms with E-state index in [4.69, 9.17) is 11.5 Å². The molecule has 90 valence electrons. The molecule has 0 aliphatic heterocycles. The van der Waals surface area contributed by atoms with Gasteiger partial charge in [-0.05, 0) is 29.8 Å². The van der Waals surface area contributed by atoms with Crippen molar-refractivity contribution >= 4 is 22.7 Å². The van der Waals surface area contributed by atoms with E-state index < -0.39 is 0 Å². The van der Waals surface area contributed by atoms with Gasteiger partial charge in [0, 0.05) is 0 Å². The fourth-order valence-corrected chi connectivity index (χ4v) is 1.93. The fourth-order valence-electron chi connectivity index (χ4n) is 1.93. The Morgan fingerprint density at radius 1 is 1.06 bits per heavy atom. The Morgan fingerprint density at radius 2 is 1.78 bits per heavy atom. The second-order valence-electron chi connectivity index (χ2n) is 4.06. The summed E-state index contributed by atoms with van der Waals surface area (Å²) >= 11 is 0. The van der Waals surface area contributed by atoms with Crippen LogP contribution in [0.4, 0.5) is 11.6 Å². The first-order chi connectivity index (χ1) is 8.72. The number of hydrogen-bond donors (Lipinski definition) is 2. The first-order valence-electron chi connectivity index (χ1n) is 5.52. The molecule has 3 rings (SSSR count). The number of aromatic nitrogens is 4. The zero-order valence-electron chi connectivity index (χ0n) is 9.61. The molecule has 0 bridgehead atoms. The summed E-state index contributed by atoms with van der Waals surface area (Å²) in [5.41, 5.74) is 14.1. The maximum Gasteiger partial charge on any atom is 0.126 e. The number of hydrogen-bond acceptors (Lipinski definition) is 5. The lowest BCUT2D eigenvalue weighted by molar-refractivity contribution is 0.669. The Bertz CT molecular complexity index is 682. The maximum atomic E-state index is 5.66. The Kier molecular flexibility index (Phi) is 2.33. The summed E-state index contributed by atoms with van der Waals surface area (Å²) < 4.78 is 1.81. The van der Waals surface area contributed by atoms with Crippen molar-refractivity contribution in [2.45, 2.75) is 6.54 Å². The minimum atomic E-state index is 0.412. The lowest BCUT2D eigenvalue weighted by atomic mass is 10.2. The van der Waals surface area contributed by atoms with E-state index in [9.17, 15) is 0 Å². The molecule has 0 radical (unpaired) electrons. The molecule has 6 nitrogen and oxygen atoms in total. The summed E-state index contributed by atoms with van der Waals surface area (Å²) in [6.07, 6.45) is 0. The van der Waals surface area contributed by atoms with E-state index >= 15 is 0 Å². The number of rotatable bonds is 2. The van der Waals surface area contributed by atoms with Crippen LogP contribution in [0.3, 0.4) is 0 Å². The third kappa shape index (κ3) is 1.84. The van der Waals surface area contributed by atoms with Crippen LogP contribution in [0.15, 0.2) is 36.4 Å². The van der Waals surface area contributed by atoms with Crippen LogP contribution in [0.2, 0.25) is 0 Å². The van der Waals surface area contributed by atoms with Crippen molar-refractivity contribution in [3.8, 4) is 0 Å². The molecule has 0 aliphatic rings. The van der Waals surface area contributed by atoms with Gasteiger partial charge in [-0.25, -0.2) is 9.67 Å². The lowest BCUT2D eigenvalue weighted by Gasteiger charge is -2.04. The smallest absolute Gasteiger partial charge is 0.126 e. The molecule has 4 N–H and O–H groups in total. The van der Waals surface area contributed by atoms with E-state index in [2.05, 4.69) is 15.3 Å². The number of nitrogen functional groups attached to an aromatic ring is 2.